The molecule has 1 heterocycles. The van der Waals surface area contributed by atoms with E-state index < -0.39 is 5.60 Å². The summed E-state index contributed by atoms with van der Waals surface area (Å²) in [6.45, 7) is 8.30. The lowest BCUT2D eigenvalue weighted by atomic mass is 9.95. The molecule has 0 atom stereocenters. The Balaban J connectivity index is 3.24. The molecule has 0 saturated carbocycles. The number of hydrogen-bond acceptors (Lipinski definition) is 3. The molecule has 0 bridgehead atoms. The molecule has 0 unspecified atom stereocenters. The highest BCUT2D eigenvalue weighted by atomic mass is 16.5. The highest BCUT2D eigenvalue weighted by Gasteiger charge is 2.24. The second-order valence-electron chi connectivity index (χ2n) is 5.21. The minimum absolute atomic E-state index is 0.101. The van der Waals surface area contributed by atoms with Crippen LogP contribution in [-0.2, 0) is 16.9 Å². The van der Waals surface area contributed by atoms with Crippen molar-refractivity contribution < 1.29 is 9.84 Å². The Morgan fingerprint density at radius 3 is 2.50 bits per heavy atom. The number of nitrogens with zero attached hydrogens (tertiary/aromatic N) is 1. The molecule has 0 aromatic carbocycles. The first-order valence-corrected chi connectivity index (χ1v) is 6.22. The Morgan fingerprint density at radius 2 is 2.00 bits per heavy atom. The molecule has 1 rings (SSSR count). The third-order valence-corrected chi connectivity index (χ3v) is 3.05. The van der Waals surface area contributed by atoms with Crippen LogP contribution in [-0.4, -0.2) is 23.4 Å². The predicted molar refractivity (Wildman–Crippen MR) is 71.9 cm³/mol. The van der Waals surface area contributed by atoms with Gasteiger partial charge in [0.1, 0.15) is 0 Å². The molecule has 1 N–H and O–H groups in total. The topological polar surface area (TPSA) is 51.5 Å². The molecular formula is C14H23NO3. The van der Waals surface area contributed by atoms with Gasteiger partial charge >= 0.3 is 0 Å². The fourth-order valence-corrected chi connectivity index (χ4v) is 2.32. The largest absolute Gasteiger partial charge is 0.386 e. The van der Waals surface area contributed by atoms with E-state index in [1.165, 1.54) is 0 Å². The fourth-order valence-electron chi connectivity index (χ4n) is 2.32. The summed E-state index contributed by atoms with van der Waals surface area (Å²) in [5, 5.41) is 10.1. The predicted octanol–water partition coefficient (Wildman–Crippen LogP) is 1.73. The number of rotatable bonds is 5. The molecule has 0 aliphatic rings. The van der Waals surface area contributed by atoms with Gasteiger partial charge in [0.2, 0.25) is 0 Å². The Kier molecular flexibility index (Phi) is 4.71. The van der Waals surface area contributed by atoms with E-state index in [1.807, 2.05) is 19.9 Å². The molecule has 1 aromatic rings. The molecule has 0 spiro atoms. The fraction of sp³-hybridized carbons (Fsp3) is 0.643. The highest BCUT2D eigenvalue weighted by Crippen LogP contribution is 2.20. The first-order valence-electron chi connectivity index (χ1n) is 6.22. The van der Waals surface area contributed by atoms with E-state index in [0.717, 1.165) is 17.7 Å². The summed E-state index contributed by atoms with van der Waals surface area (Å²) in [6, 6.07) is 1.95. The highest BCUT2D eigenvalue weighted by molar-refractivity contribution is 5.30. The lowest BCUT2D eigenvalue weighted by Gasteiger charge is -2.22. The summed E-state index contributed by atoms with van der Waals surface area (Å²) in [7, 11) is 1.65. The van der Waals surface area contributed by atoms with Crippen LogP contribution < -0.4 is 5.56 Å². The summed E-state index contributed by atoms with van der Waals surface area (Å²) >= 11 is 0. The molecule has 1 aromatic heterocycles. The van der Waals surface area contributed by atoms with Crippen molar-refractivity contribution in [2.24, 2.45) is 0 Å². The van der Waals surface area contributed by atoms with E-state index in [4.69, 9.17) is 4.74 Å². The van der Waals surface area contributed by atoms with Gasteiger partial charge in [0.05, 0.1) is 11.2 Å². The van der Waals surface area contributed by atoms with Crippen LogP contribution in [0.15, 0.2) is 10.9 Å². The van der Waals surface area contributed by atoms with Gasteiger partial charge in [0.25, 0.3) is 5.56 Å². The van der Waals surface area contributed by atoms with Gasteiger partial charge in [0, 0.05) is 26.0 Å². The Labute approximate surface area is 108 Å². The first-order chi connectivity index (χ1) is 8.29. The van der Waals surface area contributed by atoms with Gasteiger partial charge in [-0.25, -0.2) is 0 Å². The standard InChI is InChI=1S/C14H23NO3/c1-10-9-11(2)15(7-6-8-18-5)13(16)12(10)14(3,4)17/h9,17H,6-8H2,1-5H3. The molecule has 4 nitrogen and oxygen atoms in total. The van der Waals surface area contributed by atoms with Crippen molar-refractivity contribution in [2.75, 3.05) is 13.7 Å². The van der Waals surface area contributed by atoms with Crippen molar-refractivity contribution in [3.05, 3.63) is 33.2 Å². The van der Waals surface area contributed by atoms with Gasteiger partial charge in [0.15, 0.2) is 0 Å². The molecule has 102 valence electrons. The molecule has 0 aliphatic heterocycles. The summed E-state index contributed by atoms with van der Waals surface area (Å²) in [5.74, 6) is 0. The summed E-state index contributed by atoms with van der Waals surface area (Å²) in [6.07, 6.45) is 0.783. The van der Waals surface area contributed by atoms with Crippen LogP contribution in [0.1, 0.15) is 37.1 Å². The van der Waals surface area contributed by atoms with E-state index in [9.17, 15) is 9.90 Å². The average Bonchev–Trinajstić information content (AvgIpc) is 2.20. The molecule has 0 amide bonds. The monoisotopic (exact) mass is 253 g/mol. The maximum atomic E-state index is 12.4. The average molecular weight is 253 g/mol. The number of aromatic nitrogens is 1. The number of ether oxygens (including phenoxy) is 1. The van der Waals surface area contributed by atoms with Crippen LogP contribution in [0.4, 0.5) is 0 Å². The second kappa shape index (κ2) is 5.67. The number of hydrogen-bond donors (Lipinski definition) is 1. The maximum absolute atomic E-state index is 12.4. The quantitative estimate of drug-likeness (QED) is 0.813. The number of methoxy groups -OCH3 is 1. The van der Waals surface area contributed by atoms with E-state index in [2.05, 4.69) is 0 Å². The van der Waals surface area contributed by atoms with Gasteiger partial charge in [-0.3, -0.25) is 4.79 Å². The molecule has 0 fully saturated rings. The van der Waals surface area contributed by atoms with Crippen molar-refractivity contribution >= 4 is 0 Å². The van der Waals surface area contributed by atoms with E-state index in [1.54, 1.807) is 25.5 Å². The zero-order chi connectivity index (χ0) is 13.9. The molecule has 4 heteroatoms. The normalized spacial score (nSPS) is 11.9. The Hall–Kier alpha value is -1.13. The zero-order valence-corrected chi connectivity index (χ0v) is 11.9. The first kappa shape index (κ1) is 14.9. The van der Waals surface area contributed by atoms with Gasteiger partial charge in [-0.15, -0.1) is 0 Å². The maximum Gasteiger partial charge on any atom is 0.257 e. The van der Waals surface area contributed by atoms with Crippen molar-refractivity contribution in [1.82, 2.24) is 4.57 Å². The van der Waals surface area contributed by atoms with E-state index in [-0.39, 0.29) is 5.56 Å². The molecule has 0 radical (unpaired) electrons. The Morgan fingerprint density at radius 1 is 1.39 bits per heavy atom. The van der Waals surface area contributed by atoms with E-state index >= 15 is 0 Å². The van der Waals surface area contributed by atoms with Crippen LogP contribution >= 0.6 is 0 Å². The van der Waals surface area contributed by atoms with Crippen LogP contribution in [0.5, 0.6) is 0 Å². The molecule has 18 heavy (non-hydrogen) atoms. The second-order valence-corrected chi connectivity index (χ2v) is 5.21. The number of aliphatic hydroxyl groups is 1. The van der Waals surface area contributed by atoms with Crippen molar-refractivity contribution in [1.29, 1.82) is 0 Å². The van der Waals surface area contributed by atoms with Crippen molar-refractivity contribution in [2.45, 2.75) is 46.3 Å². The molecule has 0 saturated heterocycles. The van der Waals surface area contributed by atoms with Gasteiger partial charge < -0.3 is 14.4 Å². The minimum Gasteiger partial charge on any atom is -0.386 e. The third kappa shape index (κ3) is 3.21. The number of aryl methyl sites for hydroxylation is 2. The minimum atomic E-state index is -1.11. The summed E-state index contributed by atoms with van der Waals surface area (Å²) < 4.78 is 6.71. The van der Waals surface area contributed by atoms with Crippen LogP contribution in [0.2, 0.25) is 0 Å². The van der Waals surface area contributed by atoms with Gasteiger partial charge in [-0.05, 0) is 45.7 Å². The lowest BCUT2D eigenvalue weighted by Crippen LogP contribution is -2.34. The van der Waals surface area contributed by atoms with Crippen LogP contribution in [0, 0.1) is 13.8 Å². The van der Waals surface area contributed by atoms with Gasteiger partial charge in [-0.1, -0.05) is 0 Å². The van der Waals surface area contributed by atoms with Gasteiger partial charge in [-0.2, -0.15) is 0 Å². The van der Waals surface area contributed by atoms with Crippen molar-refractivity contribution in [3.8, 4) is 0 Å². The smallest absolute Gasteiger partial charge is 0.257 e. The van der Waals surface area contributed by atoms with Crippen LogP contribution in [0.25, 0.3) is 0 Å². The Bertz CT molecular complexity index is 469. The lowest BCUT2D eigenvalue weighted by molar-refractivity contribution is 0.0756. The summed E-state index contributed by atoms with van der Waals surface area (Å²) in [5.41, 5.74) is 1.02. The third-order valence-electron chi connectivity index (χ3n) is 3.05. The molecule has 0 aliphatic carbocycles. The summed E-state index contributed by atoms with van der Waals surface area (Å²) in [4.78, 5) is 12.4. The van der Waals surface area contributed by atoms with Crippen molar-refractivity contribution in [3.63, 3.8) is 0 Å². The molecular weight excluding hydrogens is 230 g/mol. The van der Waals surface area contributed by atoms with E-state index in [0.29, 0.717) is 18.7 Å². The SMILES string of the molecule is COCCCn1c(C)cc(C)c(C(C)(C)O)c1=O. The zero-order valence-electron chi connectivity index (χ0n) is 11.9. The number of pyridine rings is 1. The van der Waals surface area contributed by atoms with Crippen LogP contribution in [0.3, 0.4) is 0 Å².